The van der Waals surface area contributed by atoms with Crippen molar-refractivity contribution in [1.29, 1.82) is 0 Å². The highest BCUT2D eigenvalue weighted by Gasteiger charge is 2.43. The zero-order valence-electron chi connectivity index (χ0n) is 17.1. The Bertz CT molecular complexity index is 1220. The Balaban J connectivity index is 1.47. The lowest BCUT2D eigenvalue weighted by Gasteiger charge is -2.38. The third-order valence-electron chi connectivity index (χ3n) is 6.45. The minimum atomic E-state index is -1.01. The summed E-state index contributed by atoms with van der Waals surface area (Å²) >= 11 is 0. The van der Waals surface area contributed by atoms with Crippen molar-refractivity contribution in [1.82, 2.24) is 25.1 Å². The number of phenols is 1. The van der Waals surface area contributed by atoms with E-state index in [1.165, 1.54) is 25.4 Å². The number of benzene rings is 1. The molecule has 2 N–H and O–H groups in total. The second-order valence-corrected chi connectivity index (χ2v) is 8.35. The third kappa shape index (κ3) is 3.21. The van der Waals surface area contributed by atoms with Gasteiger partial charge in [0.1, 0.15) is 17.7 Å². The predicted molar refractivity (Wildman–Crippen MR) is 111 cm³/mol. The van der Waals surface area contributed by atoms with E-state index in [4.69, 9.17) is 0 Å². The van der Waals surface area contributed by atoms with Gasteiger partial charge in [0.25, 0.3) is 5.56 Å². The zero-order chi connectivity index (χ0) is 21.9. The highest BCUT2D eigenvalue weighted by molar-refractivity contribution is 5.89. The molecule has 0 aliphatic carbocycles. The van der Waals surface area contributed by atoms with Gasteiger partial charge in [-0.1, -0.05) is 0 Å². The molecule has 162 valence electrons. The number of piperidine rings is 1. The molecule has 2 bridgehead atoms. The SMILES string of the molecule is CN(c1cnc(-c2cc3c(F)cn(C)c(=O)c3cc2O)nn1)[C@@H]1CC2CC[C@H](N2)[C@@H]1F. The number of aromatic hydroxyl groups is 1. The van der Waals surface area contributed by atoms with E-state index in [1.807, 2.05) is 0 Å². The van der Waals surface area contributed by atoms with Crippen LogP contribution in [0.5, 0.6) is 5.75 Å². The normalized spacial score (nSPS) is 25.2. The van der Waals surface area contributed by atoms with E-state index >= 15 is 0 Å². The molecule has 2 aliphatic rings. The summed E-state index contributed by atoms with van der Waals surface area (Å²) in [6.45, 7) is 0. The lowest BCUT2D eigenvalue weighted by molar-refractivity contribution is 0.176. The lowest BCUT2D eigenvalue weighted by Crippen LogP contribution is -2.55. The molecule has 0 radical (unpaired) electrons. The number of nitrogens with one attached hydrogen (secondary N) is 1. The molecular weight excluding hydrogens is 406 g/mol. The summed E-state index contributed by atoms with van der Waals surface area (Å²) in [6, 6.07) is 2.40. The molecule has 2 aromatic heterocycles. The van der Waals surface area contributed by atoms with Crippen LogP contribution >= 0.6 is 0 Å². The van der Waals surface area contributed by atoms with Gasteiger partial charge >= 0.3 is 0 Å². The molecule has 0 saturated carbocycles. The minimum absolute atomic E-state index is 0.0580. The number of rotatable bonds is 3. The maximum Gasteiger partial charge on any atom is 0.258 e. The van der Waals surface area contributed by atoms with Gasteiger partial charge in [-0.05, 0) is 31.4 Å². The van der Waals surface area contributed by atoms with E-state index in [-0.39, 0.29) is 40.0 Å². The number of alkyl halides is 1. The number of halogens is 2. The second kappa shape index (κ2) is 7.23. The first kappa shape index (κ1) is 19.8. The molecule has 2 saturated heterocycles. The van der Waals surface area contributed by atoms with Crippen molar-refractivity contribution in [3.8, 4) is 17.1 Å². The van der Waals surface area contributed by atoms with Gasteiger partial charge in [0.05, 0.1) is 23.2 Å². The van der Waals surface area contributed by atoms with Gasteiger partial charge in [-0.25, -0.2) is 13.8 Å². The van der Waals surface area contributed by atoms with E-state index in [0.29, 0.717) is 18.3 Å². The number of nitrogens with zero attached hydrogens (tertiary/aromatic N) is 5. The Hall–Kier alpha value is -3.14. The molecule has 8 nitrogen and oxygen atoms in total. The van der Waals surface area contributed by atoms with Gasteiger partial charge in [-0.15, -0.1) is 10.2 Å². The standard InChI is InChI=1S/C21H22F2N6O2/c1-28-9-14(22)11-6-13(17(30)7-12(11)21(28)31)20-24-8-18(26-27-20)29(2)16-5-10-3-4-15(25-10)19(16)23/h6-10,15-16,19,25,30H,3-5H2,1-2H3/t10?,15-,16+,19-/m0/s1. The molecule has 3 aromatic rings. The van der Waals surface area contributed by atoms with Crippen LogP contribution in [0, 0.1) is 5.82 Å². The van der Waals surface area contributed by atoms with Crippen LogP contribution in [0.15, 0.2) is 29.3 Å². The summed E-state index contributed by atoms with van der Waals surface area (Å²) in [4.78, 5) is 18.2. The van der Waals surface area contributed by atoms with Crippen molar-refractivity contribution in [2.24, 2.45) is 7.05 Å². The second-order valence-electron chi connectivity index (χ2n) is 8.35. The molecule has 2 aliphatic heterocycles. The summed E-state index contributed by atoms with van der Waals surface area (Å²) in [7, 11) is 3.21. The van der Waals surface area contributed by atoms with Crippen LogP contribution in [0.3, 0.4) is 0 Å². The minimum Gasteiger partial charge on any atom is -0.507 e. The highest BCUT2D eigenvalue weighted by Crippen LogP contribution is 2.34. The van der Waals surface area contributed by atoms with E-state index in [9.17, 15) is 18.7 Å². The average Bonchev–Trinajstić information content (AvgIpc) is 3.17. The van der Waals surface area contributed by atoms with E-state index in [2.05, 4.69) is 20.5 Å². The van der Waals surface area contributed by atoms with Crippen molar-refractivity contribution in [3.05, 3.63) is 40.7 Å². The molecule has 31 heavy (non-hydrogen) atoms. The van der Waals surface area contributed by atoms with Crippen molar-refractivity contribution in [3.63, 3.8) is 0 Å². The Labute approximate surface area is 176 Å². The molecule has 1 unspecified atom stereocenters. The molecular formula is C21H22F2N6O2. The van der Waals surface area contributed by atoms with Gasteiger partial charge in [-0.3, -0.25) is 4.79 Å². The average molecular weight is 428 g/mol. The van der Waals surface area contributed by atoms with Crippen LogP contribution in [0.2, 0.25) is 0 Å². The number of pyridine rings is 1. The van der Waals surface area contributed by atoms with Crippen LogP contribution in [0.4, 0.5) is 14.6 Å². The molecule has 1 aromatic carbocycles. The molecule has 10 heteroatoms. The Kier molecular flexibility index (Phi) is 4.62. The van der Waals surface area contributed by atoms with Crippen LogP contribution in [-0.2, 0) is 7.05 Å². The lowest BCUT2D eigenvalue weighted by atomic mass is 9.96. The van der Waals surface area contributed by atoms with Crippen molar-refractivity contribution in [2.45, 2.75) is 43.6 Å². The maximum absolute atomic E-state index is 14.9. The summed E-state index contributed by atoms with van der Waals surface area (Å²) in [5.74, 6) is -0.356. The topological polar surface area (TPSA) is 96.2 Å². The first-order chi connectivity index (χ1) is 14.8. The summed E-state index contributed by atoms with van der Waals surface area (Å²) in [6.07, 6.45) is 4.02. The number of fused-ring (bicyclic) bond motifs is 3. The van der Waals surface area contributed by atoms with Crippen molar-refractivity contribution in [2.75, 3.05) is 11.9 Å². The van der Waals surface area contributed by atoms with Gasteiger partial charge in [0, 0.05) is 37.8 Å². The van der Waals surface area contributed by atoms with Crippen LogP contribution in [-0.4, -0.2) is 56.2 Å². The van der Waals surface area contributed by atoms with E-state index in [1.54, 1.807) is 11.9 Å². The number of phenolic OH excluding ortho intramolecular Hbond substituents is 1. The quantitative estimate of drug-likeness (QED) is 0.658. The highest BCUT2D eigenvalue weighted by atomic mass is 19.1. The first-order valence-electron chi connectivity index (χ1n) is 10.2. The van der Waals surface area contributed by atoms with E-state index < -0.39 is 17.5 Å². The number of anilines is 1. The fraction of sp³-hybridized carbons (Fsp3) is 0.429. The van der Waals surface area contributed by atoms with Crippen LogP contribution in [0.25, 0.3) is 22.2 Å². The van der Waals surface area contributed by atoms with Crippen LogP contribution in [0.1, 0.15) is 19.3 Å². The Morgan fingerprint density at radius 2 is 2.06 bits per heavy atom. The predicted octanol–water partition coefficient (Wildman–Crippen LogP) is 1.90. The molecule has 2 fully saturated rings. The third-order valence-corrected chi connectivity index (χ3v) is 6.45. The largest absolute Gasteiger partial charge is 0.507 e. The van der Waals surface area contributed by atoms with Gasteiger partial charge in [0.15, 0.2) is 11.6 Å². The van der Waals surface area contributed by atoms with Gasteiger partial charge in [0.2, 0.25) is 0 Å². The number of hydrogen-bond acceptors (Lipinski definition) is 7. The summed E-state index contributed by atoms with van der Waals surface area (Å²) in [5, 5.41) is 22.1. The molecule has 5 rings (SSSR count). The first-order valence-corrected chi connectivity index (χ1v) is 10.2. The molecule has 4 atom stereocenters. The molecule has 0 amide bonds. The van der Waals surface area contributed by atoms with E-state index in [0.717, 1.165) is 23.6 Å². The van der Waals surface area contributed by atoms with Gasteiger partial charge in [-0.2, -0.15) is 0 Å². The number of hydrogen-bond donors (Lipinski definition) is 2. The van der Waals surface area contributed by atoms with Crippen molar-refractivity contribution >= 4 is 16.6 Å². The number of aromatic nitrogens is 4. The Morgan fingerprint density at radius 3 is 2.81 bits per heavy atom. The zero-order valence-corrected chi connectivity index (χ0v) is 17.1. The fourth-order valence-corrected chi connectivity index (χ4v) is 4.70. The summed E-state index contributed by atoms with van der Waals surface area (Å²) < 4.78 is 30.4. The number of aryl methyl sites for hydroxylation is 1. The molecule has 4 heterocycles. The molecule has 0 spiro atoms. The fourth-order valence-electron chi connectivity index (χ4n) is 4.70. The van der Waals surface area contributed by atoms with Gasteiger partial charge < -0.3 is 19.9 Å². The van der Waals surface area contributed by atoms with Crippen LogP contribution < -0.4 is 15.8 Å². The van der Waals surface area contributed by atoms with Crippen molar-refractivity contribution < 1.29 is 13.9 Å². The smallest absolute Gasteiger partial charge is 0.258 e. The monoisotopic (exact) mass is 428 g/mol. The Morgan fingerprint density at radius 1 is 1.26 bits per heavy atom. The summed E-state index contributed by atoms with van der Waals surface area (Å²) in [5.41, 5.74) is -0.268. The maximum atomic E-state index is 14.9.